The van der Waals surface area contributed by atoms with E-state index in [-0.39, 0.29) is 31.2 Å². The average molecular weight is 436 g/mol. The van der Waals surface area contributed by atoms with E-state index in [4.69, 9.17) is 16.0 Å². The van der Waals surface area contributed by atoms with Gasteiger partial charge in [-0.1, -0.05) is 23.7 Å². The lowest BCUT2D eigenvalue weighted by Crippen LogP contribution is -2.69. The van der Waals surface area contributed by atoms with E-state index in [9.17, 15) is 14.4 Å². The van der Waals surface area contributed by atoms with Gasteiger partial charge >= 0.3 is 0 Å². The lowest BCUT2D eigenvalue weighted by molar-refractivity contribution is -0.129. The van der Waals surface area contributed by atoms with E-state index in [1.807, 2.05) is 0 Å². The molecule has 1 saturated heterocycles. The van der Waals surface area contributed by atoms with Crippen molar-refractivity contribution in [3.8, 4) is 0 Å². The molecule has 2 aliphatic rings. The molecular weight excluding hydrogens is 418 g/mol. The molecule has 1 N–H and O–H groups in total. The van der Waals surface area contributed by atoms with Crippen molar-refractivity contribution >= 4 is 40.7 Å². The Hall–Kier alpha value is -3.58. The summed E-state index contributed by atoms with van der Waals surface area (Å²) in [5, 5.41) is 3.40. The van der Waals surface area contributed by atoms with Crippen molar-refractivity contribution in [3.05, 3.63) is 83.3 Å². The summed E-state index contributed by atoms with van der Waals surface area (Å²) in [6.45, 7) is 0.0536. The fourth-order valence-corrected chi connectivity index (χ4v) is 4.45. The van der Waals surface area contributed by atoms with E-state index in [1.54, 1.807) is 60.7 Å². The summed E-state index contributed by atoms with van der Waals surface area (Å²) in [6.07, 6.45) is 1.83. The van der Waals surface area contributed by atoms with Crippen molar-refractivity contribution in [1.29, 1.82) is 0 Å². The van der Waals surface area contributed by atoms with Crippen LogP contribution in [0.1, 0.15) is 29.0 Å². The summed E-state index contributed by atoms with van der Waals surface area (Å²) >= 11 is 5.95. The van der Waals surface area contributed by atoms with Crippen molar-refractivity contribution in [1.82, 2.24) is 4.90 Å². The molecule has 0 radical (unpaired) electrons. The largest absolute Gasteiger partial charge is 0.467 e. The smallest absolute Gasteiger partial charge is 0.271 e. The molecule has 3 heterocycles. The molecule has 0 bridgehead atoms. The monoisotopic (exact) mass is 435 g/mol. The van der Waals surface area contributed by atoms with Gasteiger partial charge in [-0.15, -0.1) is 0 Å². The standard InChI is InChI=1S/C23H18ClN3O4/c24-15-7-9-16(10-8-15)25-22(30)23-12-11-20(28)27(23)19-6-2-1-5-18(19)21(29)26(23)14-17-4-3-13-31-17/h1-10,13H,11-12,14H2,(H,25,30)/t23-/m1/s1. The summed E-state index contributed by atoms with van der Waals surface area (Å²) in [5.41, 5.74) is -0.168. The van der Waals surface area contributed by atoms with Gasteiger partial charge in [0.25, 0.3) is 11.8 Å². The second-order valence-electron chi connectivity index (χ2n) is 7.49. The van der Waals surface area contributed by atoms with Crippen LogP contribution >= 0.6 is 11.6 Å². The third kappa shape index (κ3) is 3.00. The van der Waals surface area contributed by atoms with Crippen LogP contribution in [0.5, 0.6) is 0 Å². The van der Waals surface area contributed by atoms with Gasteiger partial charge < -0.3 is 9.73 Å². The van der Waals surface area contributed by atoms with Gasteiger partial charge in [0, 0.05) is 23.6 Å². The van der Waals surface area contributed by atoms with Gasteiger partial charge in [-0.2, -0.15) is 0 Å². The summed E-state index contributed by atoms with van der Waals surface area (Å²) in [6, 6.07) is 17.0. The number of hydrogen-bond acceptors (Lipinski definition) is 4. The van der Waals surface area contributed by atoms with Crippen molar-refractivity contribution in [2.24, 2.45) is 0 Å². The van der Waals surface area contributed by atoms with Crippen LogP contribution in [0.15, 0.2) is 71.3 Å². The maximum Gasteiger partial charge on any atom is 0.271 e. The number of furan rings is 1. The first-order chi connectivity index (χ1) is 15.0. The summed E-state index contributed by atoms with van der Waals surface area (Å²) in [4.78, 5) is 43.2. The first-order valence-corrected chi connectivity index (χ1v) is 10.2. The Morgan fingerprint density at radius 3 is 2.58 bits per heavy atom. The van der Waals surface area contributed by atoms with E-state index in [2.05, 4.69) is 5.32 Å². The highest BCUT2D eigenvalue weighted by molar-refractivity contribution is 6.30. The molecule has 2 aliphatic heterocycles. The Balaban J connectivity index is 1.64. The second-order valence-corrected chi connectivity index (χ2v) is 7.93. The number of carbonyl (C=O) groups excluding carboxylic acids is 3. The van der Waals surface area contributed by atoms with Crippen molar-refractivity contribution in [2.45, 2.75) is 25.0 Å². The Morgan fingerprint density at radius 1 is 1.06 bits per heavy atom. The maximum absolute atomic E-state index is 13.7. The Morgan fingerprint density at radius 2 is 1.84 bits per heavy atom. The highest BCUT2D eigenvalue weighted by Crippen LogP contribution is 2.45. The minimum Gasteiger partial charge on any atom is -0.467 e. The van der Waals surface area contributed by atoms with Gasteiger partial charge in [-0.3, -0.25) is 24.2 Å². The predicted molar refractivity (Wildman–Crippen MR) is 115 cm³/mol. The number of nitrogens with one attached hydrogen (secondary N) is 1. The molecule has 0 unspecified atom stereocenters. The minimum absolute atomic E-state index is 0.0536. The van der Waals surface area contributed by atoms with Crippen LogP contribution in [0.25, 0.3) is 0 Å². The number of para-hydroxylation sites is 1. The first kappa shape index (κ1) is 19.4. The molecule has 0 aliphatic carbocycles. The topological polar surface area (TPSA) is 82.9 Å². The molecule has 1 atom stereocenters. The van der Waals surface area contributed by atoms with Crippen LogP contribution in [0.2, 0.25) is 5.02 Å². The zero-order chi connectivity index (χ0) is 21.6. The summed E-state index contributed by atoms with van der Waals surface area (Å²) in [5.74, 6) is -0.486. The molecule has 2 aromatic carbocycles. The van der Waals surface area contributed by atoms with Gasteiger partial charge in [-0.25, -0.2) is 0 Å². The molecule has 1 fully saturated rings. The van der Waals surface area contributed by atoms with Gasteiger partial charge in [-0.05, 0) is 48.5 Å². The minimum atomic E-state index is -1.51. The fourth-order valence-electron chi connectivity index (χ4n) is 4.33. The number of halogens is 1. The van der Waals surface area contributed by atoms with E-state index in [0.29, 0.717) is 27.7 Å². The van der Waals surface area contributed by atoms with Gasteiger partial charge in [0.2, 0.25) is 11.6 Å². The lowest BCUT2D eigenvalue weighted by Gasteiger charge is -2.48. The molecule has 1 aromatic heterocycles. The van der Waals surface area contributed by atoms with Crippen molar-refractivity contribution in [3.63, 3.8) is 0 Å². The number of hydrogen-bond donors (Lipinski definition) is 1. The molecule has 0 spiro atoms. The predicted octanol–water partition coefficient (Wildman–Crippen LogP) is 4.05. The number of rotatable bonds is 4. The first-order valence-electron chi connectivity index (χ1n) is 9.84. The molecule has 3 amide bonds. The van der Waals surface area contributed by atoms with E-state index in [1.165, 1.54) is 16.1 Å². The van der Waals surface area contributed by atoms with Crippen molar-refractivity contribution < 1.29 is 18.8 Å². The molecular formula is C23H18ClN3O4. The number of nitrogens with zero attached hydrogens (tertiary/aromatic N) is 2. The highest BCUT2D eigenvalue weighted by Gasteiger charge is 2.61. The average Bonchev–Trinajstić information content (AvgIpc) is 3.41. The molecule has 5 rings (SSSR count). The van der Waals surface area contributed by atoms with Crippen LogP contribution in [0, 0.1) is 0 Å². The zero-order valence-corrected chi connectivity index (χ0v) is 17.1. The van der Waals surface area contributed by atoms with Crippen LogP contribution in [-0.2, 0) is 16.1 Å². The number of anilines is 2. The molecule has 156 valence electrons. The van der Waals surface area contributed by atoms with Crippen LogP contribution in [0.4, 0.5) is 11.4 Å². The van der Waals surface area contributed by atoms with Crippen molar-refractivity contribution in [2.75, 3.05) is 10.2 Å². The molecule has 0 saturated carbocycles. The fraction of sp³-hybridized carbons (Fsp3) is 0.174. The molecule has 31 heavy (non-hydrogen) atoms. The Labute approximate surface area is 183 Å². The third-order valence-electron chi connectivity index (χ3n) is 5.73. The van der Waals surface area contributed by atoms with Crippen LogP contribution in [0.3, 0.4) is 0 Å². The normalized spacial score (nSPS) is 19.9. The van der Waals surface area contributed by atoms with E-state index >= 15 is 0 Å². The number of carbonyl (C=O) groups is 3. The Bertz CT molecular complexity index is 1180. The second kappa shape index (κ2) is 7.28. The Kier molecular flexibility index (Phi) is 4.55. The molecule has 7 nitrogen and oxygen atoms in total. The quantitative estimate of drug-likeness (QED) is 0.670. The van der Waals surface area contributed by atoms with Gasteiger partial charge in [0.05, 0.1) is 24.1 Å². The van der Waals surface area contributed by atoms with E-state index in [0.717, 1.165) is 0 Å². The van der Waals surface area contributed by atoms with Crippen LogP contribution < -0.4 is 10.2 Å². The third-order valence-corrected chi connectivity index (χ3v) is 5.99. The lowest BCUT2D eigenvalue weighted by atomic mass is 9.95. The molecule has 8 heteroatoms. The van der Waals surface area contributed by atoms with Gasteiger partial charge in [0.15, 0.2) is 0 Å². The summed E-state index contributed by atoms with van der Waals surface area (Å²) < 4.78 is 5.46. The number of amides is 3. The highest BCUT2D eigenvalue weighted by atomic mass is 35.5. The van der Waals surface area contributed by atoms with Crippen LogP contribution in [-0.4, -0.2) is 28.3 Å². The maximum atomic E-state index is 13.7. The molecule has 3 aromatic rings. The SMILES string of the molecule is O=C1c2ccccc2N2C(=O)CC[C@@]2(C(=O)Nc2ccc(Cl)cc2)N1Cc1ccco1. The van der Waals surface area contributed by atoms with Gasteiger partial charge in [0.1, 0.15) is 5.76 Å². The number of benzene rings is 2. The number of fused-ring (bicyclic) bond motifs is 3. The summed E-state index contributed by atoms with van der Waals surface area (Å²) in [7, 11) is 0. The zero-order valence-electron chi connectivity index (χ0n) is 16.4. The van der Waals surface area contributed by atoms with E-state index < -0.39 is 11.6 Å².